The lowest BCUT2D eigenvalue weighted by atomic mass is 10.1. The van der Waals surface area contributed by atoms with E-state index in [9.17, 15) is 14.4 Å². The Hall–Kier alpha value is -4.20. The number of rotatable bonds is 6. The van der Waals surface area contributed by atoms with Crippen molar-refractivity contribution in [1.29, 1.82) is 0 Å². The number of hydrogen-bond donors (Lipinski definition) is 3. The molecular formula is C26H27N5O3. The van der Waals surface area contributed by atoms with Gasteiger partial charge >= 0.3 is 6.03 Å². The third-order valence-corrected chi connectivity index (χ3v) is 5.95. The molecule has 0 radical (unpaired) electrons. The van der Waals surface area contributed by atoms with Crippen molar-refractivity contribution in [2.45, 2.75) is 26.8 Å². The van der Waals surface area contributed by atoms with Crippen LogP contribution < -0.4 is 20.9 Å². The topological polar surface area (TPSA) is 103 Å². The van der Waals surface area contributed by atoms with E-state index in [0.717, 1.165) is 22.4 Å². The van der Waals surface area contributed by atoms with Gasteiger partial charge in [-0.2, -0.15) is 0 Å². The number of nitrogens with one attached hydrogen (secondary N) is 3. The van der Waals surface area contributed by atoms with Crippen molar-refractivity contribution < 1.29 is 14.4 Å². The van der Waals surface area contributed by atoms with Gasteiger partial charge in [-0.3, -0.25) is 14.6 Å². The molecule has 1 aliphatic rings. The fourth-order valence-electron chi connectivity index (χ4n) is 3.92. The van der Waals surface area contributed by atoms with Gasteiger partial charge in [0.1, 0.15) is 0 Å². The molecule has 4 rings (SSSR count). The van der Waals surface area contributed by atoms with Gasteiger partial charge in [-0.15, -0.1) is 0 Å². The van der Waals surface area contributed by atoms with Crippen molar-refractivity contribution >= 4 is 34.9 Å². The van der Waals surface area contributed by atoms with Gasteiger partial charge in [-0.1, -0.05) is 18.2 Å². The van der Waals surface area contributed by atoms with E-state index in [0.29, 0.717) is 24.5 Å². The normalized spacial score (nSPS) is 15.2. The van der Waals surface area contributed by atoms with E-state index in [4.69, 9.17) is 0 Å². The van der Waals surface area contributed by atoms with Gasteiger partial charge in [0, 0.05) is 49.0 Å². The molecule has 8 heteroatoms. The van der Waals surface area contributed by atoms with Crippen LogP contribution in [0.15, 0.2) is 67.0 Å². The first-order valence-corrected chi connectivity index (χ1v) is 11.1. The van der Waals surface area contributed by atoms with Crippen LogP contribution in [0.1, 0.15) is 23.1 Å². The molecule has 4 amide bonds. The number of carbonyl (C=O) groups is 3. The van der Waals surface area contributed by atoms with Crippen molar-refractivity contribution in [1.82, 2.24) is 10.3 Å². The van der Waals surface area contributed by atoms with E-state index in [1.165, 1.54) is 0 Å². The molecule has 0 spiro atoms. The average molecular weight is 458 g/mol. The van der Waals surface area contributed by atoms with Crippen LogP contribution in [0.25, 0.3) is 0 Å². The molecule has 1 fully saturated rings. The molecule has 1 atom stereocenters. The maximum Gasteiger partial charge on any atom is 0.319 e. The number of benzene rings is 2. The van der Waals surface area contributed by atoms with Gasteiger partial charge in [0.05, 0.1) is 5.92 Å². The highest BCUT2D eigenvalue weighted by atomic mass is 16.2. The third-order valence-electron chi connectivity index (χ3n) is 5.95. The van der Waals surface area contributed by atoms with Gasteiger partial charge in [0.25, 0.3) is 0 Å². The number of aryl methyl sites for hydroxylation is 1. The third kappa shape index (κ3) is 5.40. The minimum Gasteiger partial charge on any atom is -0.334 e. The van der Waals surface area contributed by atoms with Gasteiger partial charge in [0.15, 0.2) is 0 Å². The molecule has 3 aromatic rings. The number of aromatic nitrogens is 1. The molecule has 1 aliphatic heterocycles. The van der Waals surface area contributed by atoms with Crippen molar-refractivity contribution in [3.05, 3.63) is 83.7 Å². The second-order valence-corrected chi connectivity index (χ2v) is 8.36. The largest absolute Gasteiger partial charge is 0.334 e. The van der Waals surface area contributed by atoms with Crippen LogP contribution in [0.3, 0.4) is 0 Å². The zero-order valence-electron chi connectivity index (χ0n) is 19.2. The summed E-state index contributed by atoms with van der Waals surface area (Å²) < 4.78 is 0. The van der Waals surface area contributed by atoms with Gasteiger partial charge in [-0.05, 0) is 66.9 Å². The first-order chi connectivity index (χ1) is 16.4. The summed E-state index contributed by atoms with van der Waals surface area (Å²) in [4.78, 5) is 43.4. The maximum absolute atomic E-state index is 12.9. The van der Waals surface area contributed by atoms with Crippen LogP contribution >= 0.6 is 0 Å². The van der Waals surface area contributed by atoms with Crippen LogP contribution in [-0.4, -0.2) is 29.4 Å². The first-order valence-electron chi connectivity index (χ1n) is 11.1. The summed E-state index contributed by atoms with van der Waals surface area (Å²) >= 11 is 0. The Balaban J connectivity index is 1.34. The standard InChI is InChI=1S/C26H27N5O3/c1-17-5-3-8-23(18(17)2)31-16-20(13-24(31)32)25(33)29-21-6-4-7-22(14-21)30-26(34)28-15-19-9-11-27-12-10-19/h3-12,14,20H,13,15-16H2,1-2H3,(H,29,33)(H2,28,30,34). The average Bonchev–Trinajstić information content (AvgIpc) is 3.22. The zero-order chi connectivity index (χ0) is 24.1. The number of nitrogens with zero attached hydrogens (tertiary/aromatic N) is 2. The molecule has 2 heterocycles. The molecule has 1 aromatic heterocycles. The second kappa shape index (κ2) is 10.2. The molecule has 34 heavy (non-hydrogen) atoms. The Labute approximate surface area is 198 Å². The Morgan fingerprint density at radius 1 is 1.00 bits per heavy atom. The van der Waals surface area contributed by atoms with Crippen molar-refractivity contribution in [3.8, 4) is 0 Å². The van der Waals surface area contributed by atoms with E-state index in [2.05, 4.69) is 20.9 Å². The maximum atomic E-state index is 12.9. The van der Waals surface area contributed by atoms with E-state index in [-0.39, 0.29) is 24.3 Å². The molecule has 0 bridgehead atoms. The van der Waals surface area contributed by atoms with Crippen LogP contribution in [0.2, 0.25) is 0 Å². The predicted octanol–water partition coefficient (Wildman–Crippen LogP) is 4.01. The van der Waals surface area contributed by atoms with Crippen LogP contribution in [-0.2, 0) is 16.1 Å². The van der Waals surface area contributed by atoms with Crippen LogP contribution in [0.4, 0.5) is 21.9 Å². The van der Waals surface area contributed by atoms with Gasteiger partial charge in [-0.25, -0.2) is 4.79 Å². The minimum absolute atomic E-state index is 0.0601. The molecule has 8 nitrogen and oxygen atoms in total. The lowest BCUT2D eigenvalue weighted by molar-refractivity contribution is -0.122. The molecule has 2 aromatic carbocycles. The van der Waals surface area contributed by atoms with E-state index >= 15 is 0 Å². The Kier molecular flexibility index (Phi) is 6.87. The number of amides is 4. The summed E-state index contributed by atoms with van der Waals surface area (Å²) in [5.41, 5.74) is 5.03. The van der Waals surface area contributed by atoms with E-state index < -0.39 is 5.92 Å². The number of carbonyl (C=O) groups excluding carboxylic acids is 3. The Morgan fingerprint density at radius 3 is 2.47 bits per heavy atom. The van der Waals surface area contributed by atoms with Gasteiger partial charge in [0.2, 0.25) is 11.8 Å². The summed E-state index contributed by atoms with van der Waals surface area (Å²) in [7, 11) is 0. The highest BCUT2D eigenvalue weighted by Crippen LogP contribution is 2.30. The fourth-order valence-corrected chi connectivity index (χ4v) is 3.92. The molecule has 3 N–H and O–H groups in total. The van der Waals surface area contributed by atoms with Gasteiger partial charge < -0.3 is 20.9 Å². The number of pyridine rings is 1. The number of hydrogen-bond acceptors (Lipinski definition) is 4. The van der Waals surface area contributed by atoms with Crippen molar-refractivity contribution in [2.24, 2.45) is 5.92 Å². The van der Waals surface area contributed by atoms with E-state index in [1.807, 2.05) is 44.2 Å². The molecule has 1 unspecified atom stereocenters. The number of urea groups is 1. The summed E-state index contributed by atoms with van der Waals surface area (Å²) in [6.45, 7) is 4.70. The predicted molar refractivity (Wildman–Crippen MR) is 132 cm³/mol. The quantitative estimate of drug-likeness (QED) is 0.520. The molecule has 0 aliphatic carbocycles. The highest BCUT2D eigenvalue weighted by molar-refractivity contribution is 6.04. The summed E-state index contributed by atoms with van der Waals surface area (Å²) in [6, 6.07) is 16.0. The SMILES string of the molecule is Cc1cccc(N2CC(C(=O)Nc3cccc(NC(=O)NCc4ccncc4)c3)CC2=O)c1C. The van der Waals surface area contributed by atoms with Crippen LogP contribution in [0, 0.1) is 19.8 Å². The Morgan fingerprint density at radius 2 is 1.71 bits per heavy atom. The minimum atomic E-state index is -0.451. The lowest BCUT2D eigenvalue weighted by Crippen LogP contribution is -2.29. The zero-order valence-corrected chi connectivity index (χ0v) is 19.2. The van der Waals surface area contributed by atoms with Crippen LogP contribution in [0.5, 0.6) is 0 Å². The molecule has 1 saturated heterocycles. The first kappa shape index (κ1) is 23.0. The van der Waals surface area contributed by atoms with E-state index in [1.54, 1.807) is 41.6 Å². The smallest absolute Gasteiger partial charge is 0.319 e. The summed E-state index contributed by atoms with van der Waals surface area (Å²) in [5, 5.41) is 8.42. The molecule has 0 saturated carbocycles. The lowest BCUT2D eigenvalue weighted by Gasteiger charge is -2.20. The highest BCUT2D eigenvalue weighted by Gasteiger charge is 2.35. The molecule has 174 valence electrons. The number of anilines is 3. The summed E-state index contributed by atoms with van der Waals surface area (Å²) in [6.07, 6.45) is 3.50. The van der Waals surface area contributed by atoms with Crippen molar-refractivity contribution in [2.75, 3.05) is 22.1 Å². The summed E-state index contributed by atoms with van der Waals surface area (Å²) in [5.74, 6) is -0.733. The monoisotopic (exact) mass is 457 g/mol. The molecular weight excluding hydrogens is 430 g/mol. The Bertz CT molecular complexity index is 1210. The second-order valence-electron chi connectivity index (χ2n) is 8.36. The fraction of sp³-hybridized carbons (Fsp3) is 0.231. The van der Waals surface area contributed by atoms with Crippen molar-refractivity contribution in [3.63, 3.8) is 0 Å².